The van der Waals surface area contributed by atoms with Gasteiger partial charge in [0.25, 0.3) is 0 Å². The lowest BCUT2D eigenvalue weighted by atomic mass is 10.1. The summed E-state index contributed by atoms with van der Waals surface area (Å²) in [7, 11) is 0. The number of ether oxygens (including phenoxy) is 1. The SMILES string of the molecule is C=CCOCC(NC(=O)Cc1c(C)nn(-c2ccc(F)cc2)c1C)C(=O)O. The molecule has 1 unspecified atom stereocenters. The summed E-state index contributed by atoms with van der Waals surface area (Å²) in [6.45, 7) is 7.09. The first-order valence-electron chi connectivity index (χ1n) is 8.35. The van der Waals surface area contributed by atoms with Crippen LogP contribution in [0.5, 0.6) is 0 Å². The summed E-state index contributed by atoms with van der Waals surface area (Å²) in [6, 6.07) is 4.70. The third-order valence-corrected chi connectivity index (χ3v) is 4.00. The predicted molar refractivity (Wildman–Crippen MR) is 97.3 cm³/mol. The van der Waals surface area contributed by atoms with E-state index in [0.717, 1.165) is 5.69 Å². The van der Waals surface area contributed by atoms with Crippen LogP contribution in [0.2, 0.25) is 0 Å². The van der Waals surface area contributed by atoms with Gasteiger partial charge in [-0.25, -0.2) is 13.9 Å². The molecular formula is C19H22FN3O4. The van der Waals surface area contributed by atoms with Crippen molar-refractivity contribution in [3.05, 3.63) is 59.7 Å². The lowest BCUT2D eigenvalue weighted by Gasteiger charge is -2.14. The minimum atomic E-state index is -1.18. The van der Waals surface area contributed by atoms with Crippen LogP contribution in [0.15, 0.2) is 36.9 Å². The first kappa shape index (κ1) is 20.3. The molecule has 0 spiro atoms. The molecule has 2 aromatic rings. The van der Waals surface area contributed by atoms with E-state index in [0.29, 0.717) is 16.9 Å². The maximum absolute atomic E-state index is 13.1. The summed E-state index contributed by atoms with van der Waals surface area (Å²) in [5.41, 5.74) is 2.73. The summed E-state index contributed by atoms with van der Waals surface area (Å²) in [5.74, 6) is -1.98. The number of nitrogens with one attached hydrogen (secondary N) is 1. The van der Waals surface area contributed by atoms with E-state index in [2.05, 4.69) is 17.0 Å². The largest absolute Gasteiger partial charge is 0.480 e. The summed E-state index contributed by atoms with van der Waals surface area (Å²) < 4.78 is 19.9. The molecule has 0 fully saturated rings. The number of aromatic nitrogens is 2. The highest BCUT2D eigenvalue weighted by atomic mass is 19.1. The summed E-state index contributed by atoms with van der Waals surface area (Å²) in [5, 5.41) is 16.1. The van der Waals surface area contributed by atoms with Gasteiger partial charge in [0.15, 0.2) is 6.04 Å². The second kappa shape index (κ2) is 9.09. The van der Waals surface area contributed by atoms with Gasteiger partial charge in [-0.2, -0.15) is 5.10 Å². The van der Waals surface area contributed by atoms with Crippen LogP contribution in [0.3, 0.4) is 0 Å². The molecule has 0 saturated carbocycles. The van der Waals surface area contributed by atoms with E-state index in [1.165, 1.54) is 18.2 Å². The standard InChI is InChI=1S/C19H22FN3O4/c1-4-9-27-11-17(19(25)26)21-18(24)10-16-12(2)22-23(13(16)3)15-7-5-14(20)6-8-15/h4-8,17H,1,9-11H2,2-3H3,(H,21,24)(H,25,26). The average molecular weight is 375 g/mol. The molecule has 0 aliphatic rings. The Kier molecular flexibility index (Phi) is 6.84. The van der Waals surface area contributed by atoms with Gasteiger partial charge < -0.3 is 15.2 Å². The summed E-state index contributed by atoms with van der Waals surface area (Å²) in [6.07, 6.45) is 1.47. The topological polar surface area (TPSA) is 93.5 Å². The first-order valence-corrected chi connectivity index (χ1v) is 8.35. The van der Waals surface area contributed by atoms with Crippen LogP contribution in [0.1, 0.15) is 17.0 Å². The van der Waals surface area contributed by atoms with Crippen LogP contribution in [-0.4, -0.2) is 46.0 Å². The maximum atomic E-state index is 13.1. The van der Waals surface area contributed by atoms with Crippen molar-refractivity contribution in [1.82, 2.24) is 15.1 Å². The molecule has 27 heavy (non-hydrogen) atoms. The van der Waals surface area contributed by atoms with Crippen molar-refractivity contribution in [3.8, 4) is 5.69 Å². The summed E-state index contributed by atoms with van der Waals surface area (Å²) >= 11 is 0. The minimum absolute atomic E-state index is 0.0237. The number of amides is 1. The van der Waals surface area contributed by atoms with Crippen molar-refractivity contribution >= 4 is 11.9 Å². The molecule has 144 valence electrons. The molecule has 0 radical (unpaired) electrons. The Hall–Kier alpha value is -3.00. The highest BCUT2D eigenvalue weighted by Gasteiger charge is 2.22. The van der Waals surface area contributed by atoms with Gasteiger partial charge in [0.2, 0.25) is 5.91 Å². The van der Waals surface area contributed by atoms with Crippen LogP contribution in [0.25, 0.3) is 5.69 Å². The highest BCUT2D eigenvalue weighted by molar-refractivity contribution is 5.85. The normalized spacial score (nSPS) is 11.8. The second-order valence-corrected chi connectivity index (χ2v) is 6.00. The quantitative estimate of drug-likeness (QED) is 0.516. The summed E-state index contributed by atoms with van der Waals surface area (Å²) in [4.78, 5) is 23.6. The Balaban J connectivity index is 2.12. The number of rotatable bonds is 9. The van der Waals surface area contributed by atoms with Gasteiger partial charge in [-0.05, 0) is 38.1 Å². The lowest BCUT2D eigenvalue weighted by molar-refractivity contribution is -0.143. The van der Waals surface area contributed by atoms with Crippen molar-refractivity contribution < 1.29 is 23.8 Å². The number of hydrogen-bond donors (Lipinski definition) is 2. The molecule has 1 amide bonds. The van der Waals surface area contributed by atoms with Gasteiger partial charge in [0, 0.05) is 11.3 Å². The number of halogens is 1. The second-order valence-electron chi connectivity index (χ2n) is 6.00. The van der Waals surface area contributed by atoms with E-state index in [1.54, 1.807) is 30.7 Å². The third-order valence-electron chi connectivity index (χ3n) is 4.00. The number of carboxylic acid groups (broad SMARTS) is 1. The Labute approximate surface area is 156 Å². The van der Waals surface area contributed by atoms with E-state index in [-0.39, 0.29) is 25.5 Å². The molecule has 0 saturated heterocycles. The number of aliphatic carboxylic acids is 1. The van der Waals surface area contributed by atoms with E-state index in [9.17, 15) is 19.1 Å². The third kappa shape index (κ3) is 5.24. The fourth-order valence-corrected chi connectivity index (χ4v) is 2.61. The Morgan fingerprint density at radius 3 is 2.63 bits per heavy atom. The smallest absolute Gasteiger partial charge is 0.328 e. The first-order chi connectivity index (χ1) is 12.8. The molecule has 1 heterocycles. The zero-order chi connectivity index (χ0) is 20.0. The Bertz CT molecular complexity index is 830. The molecule has 2 rings (SSSR count). The van der Waals surface area contributed by atoms with Crippen LogP contribution in [0.4, 0.5) is 4.39 Å². The fourth-order valence-electron chi connectivity index (χ4n) is 2.61. The van der Waals surface area contributed by atoms with E-state index < -0.39 is 17.9 Å². The van der Waals surface area contributed by atoms with Crippen LogP contribution >= 0.6 is 0 Å². The van der Waals surface area contributed by atoms with Crippen molar-refractivity contribution in [2.45, 2.75) is 26.3 Å². The maximum Gasteiger partial charge on any atom is 0.328 e. The molecule has 7 nitrogen and oxygen atoms in total. The average Bonchev–Trinajstić information content (AvgIpc) is 2.89. The number of carbonyl (C=O) groups is 2. The lowest BCUT2D eigenvalue weighted by Crippen LogP contribution is -2.44. The monoisotopic (exact) mass is 375 g/mol. The molecule has 0 aliphatic heterocycles. The predicted octanol–water partition coefficient (Wildman–Crippen LogP) is 1.94. The highest BCUT2D eigenvalue weighted by Crippen LogP contribution is 2.19. The van der Waals surface area contributed by atoms with E-state index >= 15 is 0 Å². The molecule has 1 aromatic carbocycles. The van der Waals surface area contributed by atoms with Crippen LogP contribution in [0, 0.1) is 19.7 Å². The van der Waals surface area contributed by atoms with Gasteiger partial charge in [0.1, 0.15) is 5.82 Å². The van der Waals surface area contributed by atoms with Crippen molar-refractivity contribution in [3.63, 3.8) is 0 Å². The van der Waals surface area contributed by atoms with Gasteiger partial charge in [-0.15, -0.1) is 6.58 Å². The number of benzene rings is 1. The number of carbonyl (C=O) groups excluding carboxylic acids is 1. The molecule has 1 aromatic heterocycles. The minimum Gasteiger partial charge on any atom is -0.480 e. The number of carboxylic acids is 1. The van der Waals surface area contributed by atoms with Crippen LogP contribution < -0.4 is 5.32 Å². The van der Waals surface area contributed by atoms with Crippen molar-refractivity contribution in [2.75, 3.05) is 13.2 Å². The van der Waals surface area contributed by atoms with Gasteiger partial charge in [-0.3, -0.25) is 4.79 Å². The molecule has 2 N–H and O–H groups in total. The van der Waals surface area contributed by atoms with Crippen LogP contribution in [-0.2, 0) is 20.7 Å². The van der Waals surface area contributed by atoms with Crippen molar-refractivity contribution in [2.24, 2.45) is 0 Å². The zero-order valence-corrected chi connectivity index (χ0v) is 15.2. The molecule has 8 heteroatoms. The molecule has 0 bridgehead atoms. The number of aryl methyl sites for hydroxylation is 1. The van der Waals surface area contributed by atoms with Crippen molar-refractivity contribution in [1.29, 1.82) is 0 Å². The van der Waals surface area contributed by atoms with Gasteiger partial charge >= 0.3 is 5.97 Å². The number of hydrogen-bond acceptors (Lipinski definition) is 4. The fraction of sp³-hybridized carbons (Fsp3) is 0.316. The Morgan fingerprint density at radius 1 is 1.37 bits per heavy atom. The molecule has 0 aliphatic carbocycles. The van der Waals surface area contributed by atoms with Gasteiger partial charge in [-0.1, -0.05) is 6.08 Å². The number of nitrogens with zero attached hydrogens (tertiary/aromatic N) is 2. The van der Waals surface area contributed by atoms with Gasteiger partial charge in [0.05, 0.1) is 31.0 Å². The van der Waals surface area contributed by atoms with E-state index in [1.807, 2.05) is 0 Å². The Morgan fingerprint density at radius 2 is 2.04 bits per heavy atom. The zero-order valence-electron chi connectivity index (χ0n) is 15.2. The van der Waals surface area contributed by atoms with E-state index in [4.69, 9.17) is 4.74 Å². The molecular weight excluding hydrogens is 353 g/mol. The molecule has 1 atom stereocenters.